The number of benzene rings is 1. The number of amides is 1. The van der Waals surface area contributed by atoms with Gasteiger partial charge in [0.2, 0.25) is 0 Å². The fourth-order valence-corrected chi connectivity index (χ4v) is 2.87. The van der Waals surface area contributed by atoms with E-state index in [-0.39, 0.29) is 11.7 Å². The standard InChI is InChI=1S/C20H25N3O4/c1-15(24)17-12-19(21-14-17)20(25)22-13-16-3-2-4-18(11-16)27-10-7-23-5-8-26-9-6-23/h2-4,11-12,14,21H,5-10,13H2,1H3,(H,22,25). The molecule has 0 unspecified atom stereocenters. The smallest absolute Gasteiger partial charge is 0.267 e. The van der Waals surface area contributed by atoms with Crippen LogP contribution in [0.4, 0.5) is 0 Å². The summed E-state index contributed by atoms with van der Waals surface area (Å²) in [7, 11) is 0. The van der Waals surface area contributed by atoms with Crippen molar-refractivity contribution in [2.75, 3.05) is 39.5 Å². The van der Waals surface area contributed by atoms with Gasteiger partial charge in [-0.25, -0.2) is 0 Å². The molecule has 1 aromatic carbocycles. The number of hydrogen-bond donors (Lipinski definition) is 2. The number of Topliss-reactive ketones (excluding diaryl/α,β-unsaturated/α-hetero) is 1. The van der Waals surface area contributed by atoms with Gasteiger partial charge in [-0.2, -0.15) is 0 Å². The zero-order valence-electron chi connectivity index (χ0n) is 15.5. The molecule has 27 heavy (non-hydrogen) atoms. The van der Waals surface area contributed by atoms with Crippen LogP contribution in [0.25, 0.3) is 0 Å². The van der Waals surface area contributed by atoms with Gasteiger partial charge < -0.3 is 19.8 Å². The zero-order valence-corrected chi connectivity index (χ0v) is 15.5. The number of carbonyl (C=O) groups excluding carboxylic acids is 2. The molecule has 144 valence electrons. The van der Waals surface area contributed by atoms with Gasteiger partial charge in [-0.05, 0) is 30.7 Å². The summed E-state index contributed by atoms with van der Waals surface area (Å²) in [6.45, 7) is 6.79. The maximum absolute atomic E-state index is 12.2. The van der Waals surface area contributed by atoms with Gasteiger partial charge in [-0.15, -0.1) is 0 Å². The largest absolute Gasteiger partial charge is 0.492 e. The summed E-state index contributed by atoms with van der Waals surface area (Å²) in [6, 6.07) is 9.24. The highest BCUT2D eigenvalue weighted by Gasteiger charge is 2.11. The lowest BCUT2D eigenvalue weighted by atomic mass is 10.2. The Morgan fingerprint density at radius 1 is 1.26 bits per heavy atom. The Morgan fingerprint density at radius 2 is 2.07 bits per heavy atom. The Hall–Kier alpha value is -2.64. The Kier molecular flexibility index (Phi) is 6.62. The van der Waals surface area contributed by atoms with Crippen LogP contribution in [0.3, 0.4) is 0 Å². The van der Waals surface area contributed by atoms with Gasteiger partial charge in [0.05, 0.1) is 13.2 Å². The normalized spacial score (nSPS) is 14.7. The zero-order chi connectivity index (χ0) is 19.1. The van der Waals surface area contributed by atoms with Crippen molar-refractivity contribution in [1.82, 2.24) is 15.2 Å². The molecular formula is C20H25N3O4. The van der Waals surface area contributed by atoms with Gasteiger partial charge in [0.15, 0.2) is 5.78 Å². The second-order valence-electron chi connectivity index (χ2n) is 6.49. The minimum Gasteiger partial charge on any atom is -0.492 e. The summed E-state index contributed by atoms with van der Waals surface area (Å²) in [5, 5.41) is 2.84. The lowest BCUT2D eigenvalue weighted by molar-refractivity contribution is 0.0322. The number of morpholine rings is 1. The van der Waals surface area contributed by atoms with Gasteiger partial charge >= 0.3 is 0 Å². The van der Waals surface area contributed by atoms with Gasteiger partial charge in [-0.1, -0.05) is 12.1 Å². The first-order valence-electron chi connectivity index (χ1n) is 9.11. The first kappa shape index (κ1) is 19.1. The van der Waals surface area contributed by atoms with Crippen LogP contribution in [0.1, 0.15) is 33.3 Å². The third kappa shape index (κ3) is 5.67. The molecule has 7 nitrogen and oxygen atoms in total. The predicted molar refractivity (Wildman–Crippen MR) is 101 cm³/mol. The number of carbonyl (C=O) groups is 2. The van der Waals surface area contributed by atoms with Crippen LogP contribution in [-0.2, 0) is 11.3 Å². The third-order valence-electron chi connectivity index (χ3n) is 4.47. The maximum Gasteiger partial charge on any atom is 0.267 e. The molecule has 1 aliphatic heterocycles. The molecule has 7 heteroatoms. The Labute approximate surface area is 158 Å². The molecule has 0 aliphatic carbocycles. The van der Waals surface area contributed by atoms with Crippen molar-refractivity contribution in [3.05, 3.63) is 53.3 Å². The number of aromatic nitrogens is 1. The minimum atomic E-state index is -0.249. The molecule has 0 atom stereocenters. The molecule has 0 bridgehead atoms. The summed E-state index contributed by atoms with van der Waals surface area (Å²) < 4.78 is 11.2. The topological polar surface area (TPSA) is 83.7 Å². The highest BCUT2D eigenvalue weighted by Crippen LogP contribution is 2.14. The van der Waals surface area contributed by atoms with Crippen molar-refractivity contribution in [3.63, 3.8) is 0 Å². The second kappa shape index (κ2) is 9.34. The van der Waals surface area contributed by atoms with Crippen molar-refractivity contribution < 1.29 is 19.1 Å². The van der Waals surface area contributed by atoms with E-state index < -0.39 is 0 Å². The molecule has 0 saturated carbocycles. The van der Waals surface area contributed by atoms with Crippen LogP contribution in [0, 0.1) is 0 Å². The van der Waals surface area contributed by atoms with E-state index in [9.17, 15) is 9.59 Å². The number of rotatable bonds is 8. The lowest BCUT2D eigenvalue weighted by Gasteiger charge is -2.26. The number of nitrogens with one attached hydrogen (secondary N) is 2. The monoisotopic (exact) mass is 371 g/mol. The van der Waals surface area contributed by atoms with Gasteiger partial charge in [0.25, 0.3) is 5.91 Å². The first-order chi connectivity index (χ1) is 13.1. The fraction of sp³-hybridized carbons (Fsp3) is 0.400. The van der Waals surface area contributed by atoms with Crippen LogP contribution < -0.4 is 10.1 Å². The molecular weight excluding hydrogens is 346 g/mol. The molecule has 1 fully saturated rings. The molecule has 1 aliphatic rings. The van der Waals surface area contributed by atoms with E-state index in [4.69, 9.17) is 9.47 Å². The Morgan fingerprint density at radius 3 is 2.81 bits per heavy atom. The van der Waals surface area contributed by atoms with Crippen molar-refractivity contribution in [3.8, 4) is 5.75 Å². The molecule has 1 amide bonds. The fourth-order valence-electron chi connectivity index (χ4n) is 2.87. The molecule has 2 aromatic rings. The predicted octanol–water partition coefficient (Wildman–Crippen LogP) is 1.86. The highest BCUT2D eigenvalue weighted by atomic mass is 16.5. The van der Waals surface area contributed by atoms with Crippen molar-refractivity contribution in [2.24, 2.45) is 0 Å². The lowest BCUT2D eigenvalue weighted by Crippen LogP contribution is -2.38. The van der Waals surface area contributed by atoms with Crippen LogP contribution in [0.15, 0.2) is 36.5 Å². The third-order valence-corrected chi connectivity index (χ3v) is 4.47. The summed E-state index contributed by atoms with van der Waals surface area (Å²) in [4.78, 5) is 28.6. The van der Waals surface area contributed by atoms with E-state index in [2.05, 4.69) is 15.2 Å². The van der Waals surface area contributed by atoms with E-state index in [1.54, 1.807) is 12.3 Å². The number of nitrogens with zero attached hydrogens (tertiary/aromatic N) is 1. The average molecular weight is 371 g/mol. The molecule has 2 N–H and O–H groups in total. The summed E-state index contributed by atoms with van der Waals surface area (Å²) in [6.07, 6.45) is 1.54. The van der Waals surface area contributed by atoms with Crippen LogP contribution in [0.5, 0.6) is 5.75 Å². The number of ketones is 1. The average Bonchev–Trinajstić information content (AvgIpc) is 3.18. The van der Waals surface area contributed by atoms with E-state index in [1.807, 2.05) is 24.3 Å². The van der Waals surface area contributed by atoms with Crippen molar-refractivity contribution in [1.29, 1.82) is 0 Å². The number of H-pyrrole nitrogens is 1. The van der Waals surface area contributed by atoms with Gasteiger partial charge in [0.1, 0.15) is 18.1 Å². The molecule has 1 aromatic heterocycles. The first-order valence-corrected chi connectivity index (χ1v) is 9.11. The molecule has 3 rings (SSSR count). The number of aromatic amines is 1. The van der Waals surface area contributed by atoms with E-state index in [0.717, 1.165) is 44.2 Å². The summed E-state index contributed by atoms with van der Waals surface area (Å²) >= 11 is 0. The van der Waals surface area contributed by atoms with Gasteiger partial charge in [0, 0.05) is 37.9 Å². The maximum atomic E-state index is 12.2. The van der Waals surface area contributed by atoms with E-state index in [0.29, 0.717) is 24.4 Å². The minimum absolute atomic E-state index is 0.0766. The summed E-state index contributed by atoms with van der Waals surface area (Å²) in [5.74, 6) is 0.460. The van der Waals surface area contributed by atoms with E-state index >= 15 is 0 Å². The Bertz CT molecular complexity index is 781. The molecule has 0 spiro atoms. The SMILES string of the molecule is CC(=O)c1c[nH]c(C(=O)NCc2cccc(OCCN3CCOCC3)c2)c1. The second-order valence-corrected chi connectivity index (χ2v) is 6.49. The molecule has 2 heterocycles. The Balaban J connectivity index is 1.46. The number of hydrogen-bond acceptors (Lipinski definition) is 5. The number of ether oxygens (including phenoxy) is 2. The molecule has 1 saturated heterocycles. The highest BCUT2D eigenvalue weighted by molar-refractivity contribution is 5.99. The van der Waals surface area contributed by atoms with E-state index in [1.165, 1.54) is 6.92 Å². The van der Waals surface area contributed by atoms with Gasteiger partial charge in [-0.3, -0.25) is 14.5 Å². The summed E-state index contributed by atoms with van der Waals surface area (Å²) in [5.41, 5.74) is 1.82. The van der Waals surface area contributed by atoms with Crippen molar-refractivity contribution in [2.45, 2.75) is 13.5 Å². The van der Waals surface area contributed by atoms with Crippen LogP contribution in [0.2, 0.25) is 0 Å². The van der Waals surface area contributed by atoms with Crippen LogP contribution in [-0.4, -0.2) is 61.0 Å². The van der Waals surface area contributed by atoms with Crippen molar-refractivity contribution >= 4 is 11.7 Å². The quantitative estimate of drug-likeness (QED) is 0.692. The molecule has 0 radical (unpaired) electrons. The van der Waals surface area contributed by atoms with Crippen LogP contribution >= 0.6 is 0 Å².